The first-order chi connectivity index (χ1) is 14.7. The summed E-state index contributed by atoms with van der Waals surface area (Å²) in [6.45, 7) is 7.76. The lowest BCUT2D eigenvalue weighted by atomic mass is 9.99. The van der Waals surface area contributed by atoms with E-state index in [1.54, 1.807) is 26.0 Å². The van der Waals surface area contributed by atoms with Gasteiger partial charge < -0.3 is 5.32 Å². The van der Waals surface area contributed by atoms with Gasteiger partial charge in [-0.1, -0.05) is 49.4 Å². The third-order valence-electron chi connectivity index (χ3n) is 5.12. The number of nitrogens with one attached hydrogen (secondary N) is 2. The molecule has 0 bridgehead atoms. The molecular formula is C24H29N3O3S. The number of aryl methyl sites for hydroxylation is 1. The molecular weight excluding hydrogens is 410 g/mol. The molecule has 0 aliphatic carbocycles. The van der Waals surface area contributed by atoms with Crippen molar-refractivity contribution in [2.75, 3.05) is 0 Å². The molecule has 3 aromatic rings. The number of carbonyl (C=O) groups is 1. The fourth-order valence-corrected chi connectivity index (χ4v) is 5.23. The summed E-state index contributed by atoms with van der Waals surface area (Å²) in [4.78, 5) is 17.9. The maximum absolute atomic E-state index is 13.2. The summed E-state index contributed by atoms with van der Waals surface area (Å²) in [5.41, 5.74) is 4.62. The van der Waals surface area contributed by atoms with Crippen molar-refractivity contribution in [3.63, 3.8) is 0 Å². The summed E-state index contributed by atoms with van der Waals surface area (Å²) in [5, 5.41) is 3.80. The van der Waals surface area contributed by atoms with Crippen LogP contribution in [0.2, 0.25) is 0 Å². The van der Waals surface area contributed by atoms with Gasteiger partial charge in [0.1, 0.15) is 0 Å². The Hall–Kier alpha value is -2.77. The van der Waals surface area contributed by atoms with Gasteiger partial charge in [0.25, 0.3) is 5.91 Å². The second-order valence-corrected chi connectivity index (χ2v) is 9.67. The van der Waals surface area contributed by atoms with E-state index >= 15 is 0 Å². The third kappa shape index (κ3) is 5.48. The molecule has 1 amide bonds. The molecule has 0 atom stereocenters. The number of aromatic nitrogens is 1. The van der Waals surface area contributed by atoms with Gasteiger partial charge in [0.05, 0.1) is 16.8 Å². The van der Waals surface area contributed by atoms with Crippen LogP contribution in [-0.2, 0) is 28.7 Å². The van der Waals surface area contributed by atoms with Crippen molar-refractivity contribution in [2.45, 2.75) is 52.5 Å². The normalized spacial score (nSPS) is 11.8. The Balaban J connectivity index is 1.87. The lowest BCUT2D eigenvalue weighted by Gasteiger charge is -2.16. The topological polar surface area (TPSA) is 88.2 Å². The number of rotatable bonds is 8. The molecule has 0 saturated carbocycles. The monoisotopic (exact) mass is 439 g/mol. The zero-order valence-electron chi connectivity index (χ0n) is 18.4. The number of nitrogens with zero attached hydrogens (tertiary/aromatic N) is 1. The van der Waals surface area contributed by atoms with Crippen molar-refractivity contribution in [1.29, 1.82) is 0 Å². The number of pyridine rings is 1. The maximum Gasteiger partial charge on any atom is 0.252 e. The minimum Gasteiger partial charge on any atom is -0.348 e. The van der Waals surface area contributed by atoms with E-state index < -0.39 is 10.0 Å². The third-order valence-corrected chi connectivity index (χ3v) is 6.64. The van der Waals surface area contributed by atoms with Gasteiger partial charge in [-0.3, -0.25) is 9.78 Å². The standard InChI is InChI=1S/C24H29N3O3S/c1-5-21-17(4)23(20-12-8-9-13-22(20)26-21)24(28)25-14-18-10-6-7-11-19(18)15-31(29,30)27-16(2)3/h6-13,16,27H,5,14-15H2,1-4H3,(H,25,28). The summed E-state index contributed by atoms with van der Waals surface area (Å²) < 4.78 is 27.4. The molecule has 7 heteroatoms. The Labute approximate surface area is 184 Å². The molecule has 2 N–H and O–H groups in total. The van der Waals surface area contributed by atoms with Crippen molar-refractivity contribution in [2.24, 2.45) is 0 Å². The van der Waals surface area contributed by atoms with Gasteiger partial charge in [0.2, 0.25) is 10.0 Å². The maximum atomic E-state index is 13.2. The number of amides is 1. The van der Waals surface area contributed by atoms with Gasteiger partial charge >= 0.3 is 0 Å². The van der Waals surface area contributed by atoms with Gasteiger partial charge in [0, 0.05) is 23.7 Å². The fraction of sp³-hybridized carbons (Fsp3) is 0.333. The highest BCUT2D eigenvalue weighted by Gasteiger charge is 2.19. The Kier molecular flexibility index (Phi) is 7.08. The van der Waals surface area contributed by atoms with E-state index in [1.807, 2.05) is 50.2 Å². The van der Waals surface area contributed by atoms with Crippen LogP contribution in [0.4, 0.5) is 0 Å². The average Bonchev–Trinajstić information content (AvgIpc) is 2.71. The van der Waals surface area contributed by atoms with Crippen molar-refractivity contribution in [1.82, 2.24) is 15.0 Å². The first kappa shape index (κ1) is 22.9. The van der Waals surface area contributed by atoms with E-state index in [1.165, 1.54) is 0 Å². The minimum absolute atomic E-state index is 0.131. The zero-order valence-corrected chi connectivity index (χ0v) is 19.2. The molecule has 31 heavy (non-hydrogen) atoms. The molecule has 0 fully saturated rings. The number of para-hydroxylation sites is 1. The highest BCUT2D eigenvalue weighted by molar-refractivity contribution is 7.88. The van der Waals surface area contributed by atoms with Crippen LogP contribution in [0.1, 0.15) is 53.5 Å². The first-order valence-corrected chi connectivity index (χ1v) is 12.1. The second-order valence-electron chi connectivity index (χ2n) is 7.91. The molecule has 0 spiro atoms. The molecule has 0 unspecified atom stereocenters. The van der Waals surface area contributed by atoms with E-state index in [9.17, 15) is 13.2 Å². The molecule has 0 aliphatic heterocycles. The Morgan fingerprint density at radius 1 is 1.03 bits per heavy atom. The zero-order chi connectivity index (χ0) is 22.6. The molecule has 6 nitrogen and oxygen atoms in total. The Morgan fingerprint density at radius 2 is 1.68 bits per heavy atom. The minimum atomic E-state index is -3.46. The van der Waals surface area contributed by atoms with Crippen LogP contribution < -0.4 is 10.0 Å². The van der Waals surface area contributed by atoms with Crippen molar-refractivity contribution >= 4 is 26.8 Å². The van der Waals surface area contributed by atoms with Crippen LogP contribution >= 0.6 is 0 Å². The van der Waals surface area contributed by atoms with E-state index in [0.29, 0.717) is 11.1 Å². The first-order valence-electron chi connectivity index (χ1n) is 10.4. The Bertz CT molecular complexity index is 1200. The number of benzene rings is 2. The molecule has 0 aliphatic rings. The molecule has 3 rings (SSSR count). The lowest BCUT2D eigenvalue weighted by molar-refractivity contribution is 0.0951. The summed E-state index contributed by atoms with van der Waals surface area (Å²) in [6.07, 6.45) is 0.737. The number of hydrogen-bond acceptors (Lipinski definition) is 4. The largest absolute Gasteiger partial charge is 0.348 e. The smallest absolute Gasteiger partial charge is 0.252 e. The predicted molar refractivity (Wildman–Crippen MR) is 124 cm³/mol. The molecule has 164 valence electrons. The van der Waals surface area contributed by atoms with Crippen LogP contribution in [-0.4, -0.2) is 25.4 Å². The number of carbonyl (C=O) groups excluding carboxylic acids is 1. The fourth-order valence-electron chi connectivity index (χ4n) is 3.74. The molecule has 2 aromatic carbocycles. The van der Waals surface area contributed by atoms with Gasteiger partial charge in [0.15, 0.2) is 0 Å². The molecule has 0 radical (unpaired) electrons. The van der Waals surface area contributed by atoms with E-state index in [2.05, 4.69) is 15.0 Å². The van der Waals surface area contributed by atoms with Gasteiger partial charge in [-0.05, 0) is 49.9 Å². The van der Waals surface area contributed by atoms with Gasteiger partial charge in [-0.2, -0.15) is 0 Å². The van der Waals surface area contributed by atoms with Crippen LogP contribution in [0.25, 0.3) is 10.9 Å². The summed E-state index contributed by atoms with van der Waals surface area (Å²) in [6, 6.07) is 14.7. The highest BCUT2D eigenvalue weighted by Crippen LogP contribution is 2.24. The predicted octanol–water partition coefficient (Wildman–Crippen LogP) is 3.86. The number of sulfonamides is 1. The van der Waals surface area contributed by atoms with Crippen LogP contribution in [0.15, 0.2) is 48.5 Å². The van der Waals surface area contributed by atoms with Crippen LogP contribution in [0, 0.1) is 6.92 Å². The quantitative estimate of drug-likeness (QED) is 0.558. The van der Waals surface area contributed by atoms with Gasteiger partial charge in [-0.25, -0.2) is 13.1 Å². The lowest BCUT2D eigenvalue weighted by Crippen LogP contribution is -2.32. The number of hydrogen-bond donors (Lipinski definition) is 2. The van der Waals surface area contributed by atoms with E-state index in [4.69, 9.17) is 0 Å². The highest BCUT2D eigenvalue weighted by atomic mass is 32.2. The number of fused-ring (bicyclic) bond motifs is 1. The summed E-state index contributed by atoms with van der Waals surface area (Å²) >= 11 is 0. The SMILES string of the molecule is CCc1nc2ccccc2c(C(=O)NCc2ccccc2CS(=O)(=O)NC(C)C)c1C. The van der Waals surface area contributed by atoms with Crippen LogP contribution in [0.3, 0.4) is 0 Å². The second kappa shape index (κ2) is 9.58. The Morgan fingerprint density at radius 3 is 2.35 bits per heavy atom. The van der Waals surface area contributed by atoms with Crippen molar-refractivity contribution in [3.05, 3.63) is 76.5 Å². The molecule has 0 saturated heterocycles. The van der Waals surface area contributed by atoms with Crippen molar-refractivity contribution in [3.8, 4) is 0 Å². The van der Waals surface area contributed by atoms with Crippen molar-refractivity contribution < 1.29 is 13.2 Å². The molecule has 1 aromatic heterocycles. The van der Waals surface area contributed by atoms with E-state index in [-0.39, 0.29) is 24.2 Å². The van der Waals surface area contributed by atoms with E-state index in [0.717, 1.165) is 34.1 Å². The van der Waals surface area contributed by atoms with Crippen LogP contribution in [0.5, 0.6) is 0 Å². The summed E-state index contributed by atoms with van der Waals surface area (Å²) in [7, 11) is -3.46. The average molecular weight is 440 g/mol. The molecule has 1 heterocycles. The summed E-state index contributed by atoms with van der Waals surface area (Å²) in [5.74, 6) is -0.321. The van der Waals surface area contributed by atoms with Gasteiger partial charge in [-0.15, -0.1) is 0 Å².